The first-order chi connectivity index (χ1) is 10.1. The highest BCUT2D eigenvalue weighted by Crippen LogP contribution is 2.41. The Morgan fingerprint density at radius 2 is 2.00 bits per heavy atom. The average molecular weight is 375 g/mol. The summed E-state index contributed by atoms with van der Waals surface area (Å²) in [6, 6.07) is 5.94. The molecule has 3 rings (SSSR count). The van der Waals surface area contributed by atoms with Gasteiger partial charge in [-0.2, -0.15) is 0 Å². The molecule has 1 spiro atoms. The van der Waals surface area contributed by atoms with Crippen LogP contribution in [0.4, 0.5) is 0 Å². The van der Waals surface area contributed by atoms with Gasteiger partial charge >= 0.3 is 0 Å². The second-order valence-corrected chi connectivity index (χ2v) is 7.48. The molecule has 1 aromatic carbocycles. The standard InChI is InChI=1S/C16H21BrClNO2/c17-13-7-12(8-14(18)9-13)15(19)11-1-4-21-16(10-11)2-5-20-6-3-16/h7-9,11,15H,1-6,10,19H2. The Hall–Kier alpha value is -0.130. The summed E-state index contributed by atoms with van der Waals surface area (Å²) in [6.07, 6.45) is 3.99. The maximum atomic E-state index is 6.53. The van der Waals surface area contributed by atoms with Gasteiger partial charge in [0.1, 0.15) is 0 Å². The molecule has 2 aliphatic rings. The first kappa shape index (κ1) is 15.8. The van der Waals surface area contributed by atoms with Crippen LogP contribution in [0.15, 0.2) is 22.7 Å². The Kier molecular flexibility index (Phi) is 4.91. The molecule has 2 saturated heterocycles. The Morgan fingerprint density at radius 1 is 1.24 bits per heavy atom. The number of hydrogen-bond donors (Lipinski definition) is 1. The lowest BCUT2D eigenvalue weighted by Crippen LogP contribution is -2.46. The van der Waals surface area contributed by atoms with Gasteiger partial charge in [0.05, 0.1) is 5.60 Å². The fraction of sp³-hybridized carbons (Fsp3) is 0.625. The van der Waals surface area contributed by atoms with Crippen LogP contribution in [0.2, 0.25) is 5.02 Å². The monoisotopic (exact) mass is 373 g/mol. The van der Waals surface area contributed by atoms with Gasteiger partial charge in [0.2, 0.25) is 0 Å². The van der Waals surface area contributed by atoms with E-state index in [-0.39, 0.29) is 11.6 Å². The average Bonchev–Trinajstić information content (AvgIpc) is 2.46. The van der Waals surface area contributed by atoms with Crippen molar-refractivity contribution in [2.24, 2.45) is 11.7 Å². The summed E-state index contributed by atoms with van der Waals surface area (Å²) in [5.74, 6) is 0.433. The van der Waals surface area contributed by atoms with E-state index in [4.69, 9.17) is 26.8 Å². The first-order valence-electron chi connectivity index (χ1n) is 7.51. The number of ether oxygens (including phenoxy) is 2. The van der Waals surface area contributed by atoms with Crippen molar-refractivity contribution in [3.05, 3.63) is 33.3 Å². The van der Waals surface area contributed by atoms with E-state index >= 15 is 0 Å². The molecule has 0 aliphatic carbocycles. The van der Waals surface area contributed by atoms with Gasteiger partial charge in [-0.1, -0.05) is 27.5 Å². The highest BCUT2D eigenvalue weighted by atomic mass is 79.9. The zero-order valence-electron chi connectivity index (χ0n) is 12.0. The lowest BCUT2D eigenvalue weighted by atomic mass is 9.76. The predicted molar refractivity (Wildman–Crippen MR) is 87.5 cm³/mol. The maximum Gasteiger partial charge on any atom is 0.0729 e. The predicted octanol–water partition coefficient (Wildman–Crippen LogP) is 4.08. The molecule has 5 heteroatoms. The lowest BCUT2D eigenvalue weighted by molar-refractivity contribution is -0.149. The molecule has 2 aliphatic heterocycles. The summed E-state index contributed by atoms with van der Waals surface area (Å²) < 4.78 is 12.6. The van der Waals surface area contributed by atoms with Gasteiger partial charge in [0.25, 0.3) is 0 Å². The number of halogens is 2. The van der Waals surface area contributed by atoms with Crippen LogP contribution in [0, 0.1) is 5.92 Å². The molecule has 3 nitrogen and oxygen atoms in total. The molecule has 0 radical (unpaired) electrons. The minimum Gasteiger partial charge on any atom is -0.381 e. The number of rotatable bonds is 2. The van der Waals surface area contributed by atoms with Gasteiger partial charge in [-0.15, -0.1) is 0 Å². The van der Waals surface area contributed by atoms with Gasteiger partial charge in [-0.25, -0.2) is 0 Å². The highest BCUT2D eigenvalue weighted by molar-refractivity contribution is 9.10. The third kappa shape index (κ3) is 3.62. The minimum atomic E-state index is -0.0193. The molecular formula is C16H21BrClNO2. The minimum absolute atomic E-state index is 0.00335. The molecule has 0 bridgehead atoms. The highest BCUT2D eigenvalue weighted by Gasteiger charge is 2.40. The lowest BCUT2D eigenvalue weighted by Gasteiger charge is -2.44. The van der Waals surface area contributed by atoms with E-state index in [0.29, 0.717) is 5.92 Å². The number of benzene rings is 1. The normalized spacial score (nSPS) is 26.7. The third-order valence-corrected chi connectivity index (χ3v) is 5.39. The van der Waals surface area contributed by atoms with E-state index in [9.17, 15) is 0 Å². The Balaban J connectivity index is 1.76. The van der Waals surface area contributed by atoms with E-state index in [0.717, 1.165) is 60.6 Å². The van der Waals surface area contributed by atoms with E-state index in [1.807, 2.05) is 12.1 Å². The Labute approximate surface area is 139 Å². The second kappa shape index (κ2) is 6.55. The summed E-state index contributed by atoms with van der Waals surface area (Å²) in [5, 5.41) is 0.725. The molecule has 2 unspecified atom stereocenters. The number of hydrogen-bond acceptors (Lipinski definition) is 3. The number of nitrogens with two attached hydrogens (primary N) is 1. The van der Waals surface area contributed by atoms with Crippen molar-refractivity contribution in [1.82, 2.24) is 0 Å². The Bertz CT molecular complexity index is 479. The molecular weight excluding hydrogens is 354 g/mol. The van der Waals surface area contributed by atoms with Crippen LogP contribution in [0.1, 0.15) is 37.3 Å². The van der Waals surface area contributed by atoms with Gasteiger partial charge in [0.15, 0.2) is 0 Å². The van der Waals surface area contributed by atoms with Gasteiger partial charge < -0.3 is 15.2 Å². The van der Waals surface area contributed by atoms with Crippen LogP contribution in [0.3, 0.4) is 0 Å². The van der Waals surface area contributed by atoms with E-state index in [2.05, 4.69) is 22.0 Å². The molecule has 0 saturated carbocycles. The van der Waals surface area contributed by atoms with Gasteiger partial charge in [0, 0.05) is 35.4 Å². The van der Waals surface area contributed by atoms with E-state index in [1.165, 1.54) is 0 Å². The molecule has 2 fully saturated rings. The van der Waals surface area contributed by atoms with Crippen molar-refractivity contribution < 1.29 is 9.47 Å². The summed E-state index contributed by atoms with van der Waals surface area (Å²) in [6.45, 7) is 2.38. The fourth-order valence-corrected chi connectivity index (χ4v) is 4.39. The van der Waals surface area contributed by atoms with Crippen molar-refractivity contribution in [3.63, 3.8) is 0 Å². The Morgan fingerprint density at radius 3 is 2.71 bits per heavy atom. The summed E-state index contributed by atoms with van der Waals surface area (Å²) in [5.41, 5.74) is 7.61. The van der Waals surface area contributed by atoms with Crippen LogP contribution < -0.4 is 5.73 Å². The topological polar surface area (TPSA) is 44.5 Å². The summed E-state index contributed by atoms with van der Waals surface area (Å²) >= 11 is 9.64. The van der Waals surface area contributed by atoms with Crippen molar-refractivity contribution >= 4 is 27.5 Å². The zero-order chi connectivity index (χ0) is 14.9. The van der Waals surface area contributed by atoms with E-state index in [1.54, 1.807) is 0 Å². The van der Waals surface area contributed by atoms with Gasteiger partial charge in [-0.05, 0) is 55.4 Å². The van der Waals surface area contributed by atoms with Crippen molar-refractivity contribution in [2.75, 3.05) is 19.8 Å². The molecule has 2 atom stereocenters. The largest absolute Gasteiger partial charge is 0.381 e. The summed E-state index contributed by atoms with van der Waals surface area (Å²) in [4.78, 5) is 0. The fourth-order valence-electron chi connectivity index (χ4n) is 3.50. The smallest absolute Gasteiger partial charge is 0.0729 e. The van der Waals surface area contributed by atoms with Crippen LogP contribution in [-0.4, -0.2) is 25.4 Å². The third-order valence-electron chi connectivity index (χ3n) is 4.71. The molecule has 2 heterocycles. The molecule has 1 aromatic rings. The molecule has 21 heavy (non-hydrogen) atoms. The molecule has 116 valence electrons. The summed E-state index contributed by atoms with van der Waals surface area (Å²) in [7, 11) is 0. The molecule has 0 amide bonds. The SMILES string of the molecule is NC(c1cc(Cl)cc(Br)c1)C1CCOC2(CCOCC2)C1. The van der Waals surface area contributed by atoms with Crippen LogP contribution in [-0.2, 0) is 9.47 Å². The van der Waals surface area contributed by atoms with Crippen LogP contribution >= 0.6 is 27.5 Å². The second-order valence-electron chi connectivity index (χ2n) is 6.13. The molecule has 2 N–H and O–H groups in total. The van der Waals surface area contributed by atoms with Crippen molar-refractivity contribution in [3.8, 4) is 0 Å². The quantitative estimate of drug-likeness (QED) is 0.848. The first-order valence-corrected chi connectivity index (χ1v) is 8.68. The molecule has 0 aromatic heterocycles. The zero-order valence-corrected chi connectivity index (χ0v) is 14.3. The van der Waals surface area contributed by atoms with Crippen molar-refractivity contribution in [1.29, 1.82) is 0 Å². The van der Waals surface area contributed by atoms with Crippen LogP contribution in [0.5, 0.6) is 0 Å². The van der Waals surface area contributed by atoms with Crippen LogP contribution in [0.25, 0.3) is 0 Å². The van der Waals surface area contributed by atoms with Gasteiger partial charge in [-0.3, -0.25) is 0 Å². The van der Waals surface area contributed by atoms with E-state index < -0.39 is 0 Å². The van der Waals surface area contributed by atoms with Crippen molar-refractivity contribution in [2.45, 2.75) is 37.3 Å². The maximum absolute atomic E-state index is 6.53.